The van der Waals surface area contributed by atoms with Gasteiger partial charge < -0.3 is 15.2 Å². The fourth-order valence-electron chi connectivity index (χ4n) is 1.66. The monoisotopic (exact) mass is 251 g/mol. The lowest BCUT2D eigenvalue weighted by Gasteiger charge is -2.14. The Morgan fingerprint density at radius 3 is 2.78 bits per heavy atom. The number of methoxy groups -OCH3 is 1. The highest BCUT2D eigenvalue weighted by Crippen LogP contribution is 2.25. The van der Waals surface area contributed by atoms with Gasteiger partial charge in [0.05, 0.1) is 13.7 Å². The maximum absolute atomic E-state index is 10.9. The molecule has 0 bridgehead atoms. The van der Waals surface area contributed by atoms with E-state index >= 15 is 0 Å². The maximum atomic E-state index is 10.9. The molecule has 2 N–H and O–H groups in total. The van der Waals surface area contributed by atoms with Gasteiger partial charge in [-0.2, -0.15) is 0 Å². The van der Waals surface area contributed by atoms with Gasteiger partial charge in [0.2, 0.25) is 0 Å². The summed E-state index contributed by atoms with van der Waals surface area (Å²) in [7, 11) is 1.39. The fourth-order valence-corrected chi connectivity index (χ4v) is 1.66. The van der Waals surface area contributed by atoms with Crippen LogP contribution in [0.5, 0.6) is 5.75 Å². The zero-order chi connectivity index (χ0) is 13.5. The van der Waals surface area contributed by atoms with Crippen LogP contribution < -0.4 is 10.5 Å². The average Bonchev–Trinajstić information content (AvgIpc) is 2.35. The zero-order valence-corrected chi connectivity index (χ0v) is 11.2. The number of esters is 1. The van der Waals surface area contributed by atoms with E-state index in [2.05, 4.69) is 4.74 Å². The van der Waals surface area contributed by atoms with Crippen molar-refractivity contribution in [1.29, 1.82) is 0 Å². The van der Waals surface area contributed by atoms with Gasteiger partial charge in [-0.3, -0.25) is 4.79 Å². The second-order valence-corrected chi connectivity index (χ2v) is 4.36. The van der Waals surface area contributed by atoms with E-state index in [1.54, 1.807) is 0 Å². The number of rotatable bonds is 6. The van der Waals surface area contributed by atoms with E-state index in [0.29, 0.717) is 19.4 Å². The molecule has 0 fully saturated rings. The normalized spacial score (nSPS) is 12.0. The van der Waals surface area contributed by atoms with E-state index in [1.807, 2.05) is 32.0 Å². The van der Waals surface area contributed by atoms with Crippen LogP contribution in [-0.2, 0) is 9.53 Å². The van der Waals surface area contributed by atoms with Crippen molar-refractivity contribution >= 4 is 5.97 Å². The molecule has 0 aliphatic carbocycles. The standard InChI is InChI=1S/C14H21NO3/c1-10-6-7-13(12(9-10)11(2)15)18-8-4-5-14(16)17-3/h6-7,9,11H,4-5,8,15H2,1-3H3/t11-/m0/s1. The van der Waals surface area contributed by atoms with Gasteiger partial charge in [0.1, 0.15) is 5.75 Å². The summed E-state index contributed by atoms with van der Waals surface area (Å²) in [5.41, 5.74) is 8.05. The second kappa shape index (κ2) is 7.01. The number of hydrogen-bond donors (Lipinski definition) is 1. The molecule has 0 saturated heterocycles. The molecule has 0 amide bonds. The zero-order valence-electron chi connectivity index (χ0n) is 11.2. The van der Waals surface area contributed by atoms with E-state index in [-0.39, 0.29) is 12.0 Å². The molecule has 1 aromatic carbocycles. The number of aryl methyl sites for hydroxylation is 1. The van der Waals surface area contributed by atoms with Gasteiger partial charge in [0, 0.05) is 18.0 Å². The van der Waals surface area contributed by atoms with Crippen LogP contribution in [0.2, 0.25) is 0 Å². The van der Waals surface area contributed by atoms with E-state index in [0.717, 1.165) is 16.9 Å². The third kappa shape index (κ3) is 4.37. The third-order valence-corrected chi connectivity index (χ3v) is 2.67. The van der Waals surface area contributed by atoms with Crippen molar-refractivity contribution in [2.24, 2.45) is 5.73 Å². The summed E-state index contributed by atoms with van der Waals surface area (Å²) in [6.07, 6.45) is 1.01. The number of carbonyl (C=O) groups excluding carboxylic acids is 1. The van der Waals surface area contributed by atoms with Gasteiger partial charge in [0.25, 0.3) is 0 Å². The first-order chi connectivity index (χ1) is 8.54. The lowest BCUT2D eigenvalue weighted by atomic mass is 10.1. The number of hydrogen-bond acceptors (Lipinski definition) is 4. The molecule has 0 aromatic heterocycles. The topological polar surface area (TPSA) is 61.5 Å². The minimum absolute atomic E-state index is 0.0690. The Morgan fingerprint density at radius 2 is 2.17 bits per heavy atom. The highest BCUT2D eigenvalue weighted by atomic mass is 16.5. The highest BCUT2D eigenvalue weighted by molar-refractivity contribution is 5.69. The smallest absolute Gasteiger partial charge is 0.305 e. The lowest BCUT2D eigenvalue weighted by molar-refractivity contribution is -0.140. The Balaban J connectivity index is 2.54. The molecular formula is C14H21NO3. The molecule has 4 nitrogen and oxygen atoms in total. The van der Waals surface area contributed by atoms with Crippen LogP contribution in [-0.4, -0.2) is 19.7 Å². The van der Waals surface area contributed by atoms with Crippen molar-refractivity contribution in [3.05, 3.63) is 29.3 Å². The SMILES string of the molecule is COC(=O)CCCOc1ccc(C)cc1[C@H](C)N. The molecule has 0 aliphatic rings. The summed E-state index contributed by atoms with van der Waals surface area (Å²) < 4.78 is 10.2. The van der Waals surface area contributed by atoms with Crippen LogP contribution in [0.3, 0.4) is 0 Å². The van der Waals surface area contributed by atoms with Crippen LogP contribution in [0.1, 0.15) is 36.9 Å². The average molecular weight is 251 g/mol. The van der Waals surface area contributed by atoms with Gasteiger partial charge in [-0.1, -0.05) is 17.7 Å². The number of benzene rings is 1. The van der Waals surface area contributed by atoms with Gasteiger partial charge in [-0.05, 0) is 26.3 Å². The van der Waals surface area contributed by atoms with Crippen LogP contribution >= 0.6 is 0 Å². The van der Waals surface area contributed by atoms with Crippen molar-refractivity contribution in [3.8, 4) is 5.75 Å². The van der Waals surface area contributed by atoms with Crippen LogP contribution in [0.25, 0.3) is 0 Å². The molecule has 0 spiro atoms. The predicted molar refractivity (Wildman–Crippen MR) is 70.5 cm³/mol. The van der Waals surface area contributed by atoms with Crippen molar-refractivity contribution in [3.63, 3.8) is 0 Å². The van der Waals surface area contributed by atoms with E-state index in [4.69, 9.17) is 10.5 Å². The molecule has 0 saturated carbocycles. The van der Waals surface area contributed by atoms with Gasteiger partial charge in [-0.25, -0.2) is 0 Å². The summed E-state index contributed by atoms with van der Waals surface area (Å²) in [6, 6.07) is 5.87. The minimum atomic E-state index is -0.213. The Hall–Kier alpha value is -1.55. The molecule has 18 heavy (non-hydrogen) atoms. The molecule has 1 rings (SSSR count). The molecule has 1 atom stereocenters. The van der Waals surface area contributed by atoms with Crippen molar-refractivity contribution in [2.75, 3.05) is 13.7 Å². The van der Waals surface area contributed by atoms with Crippen LogP contribution in [0.4, 0.5) is 0 Å². The quantitative estimate of drug-likeness (QED) is 0.622. The molecule has 0 radical (unpaired) electrons. The summed E-state index contributed by atoms with van der Waals surface area (Å²) in [5, 5.41) is 0. The number of nitrogens with two attached hydrogens (primary N) is 1. The van der Waals surface area contributed by atoms with Crippen LogP contribution in [0.15, 0.2) is 18.2 Å². The molecule has 1 aromatic rings. The molecular weight excluding hydrogens is 230 g/mol. The van der Waals surface area contributed by atoms with Crippen molar-refractivity contribution in [2.45, 2.75) is 32.7 Å². The molecule has 100 valence electrons. The molecule has 0 aliphatic heterocycles. The Morgan fingerprint density at radius 1 is 1.44 bits per heavy atom. The Labute approximate surface area is 108 Å². The first kappa shape index (κ1) is 14.5. The van der Waals surface area contributed by atoms with E-state index in [1.165, 1.54) is 7.11 Å². The first-order valence-corrected chi connectivity index (χ1v) is 6.10. The summed E-state index contributed by atoms with van der Waals surface area (Å²) in [6.45, 7) is 4.43. The Bertz CT molecular complexity index is 402. The largest absolute Gasteiger partial charge is 0.493 e. The summed E-state index contributed by atoms with van der Waals surface area (Å²) >= 11 is 0. The van der Waals surface area contributed by atoms with E-state index < -0.39 is 0 Å². The summed E-state index contributed by atoms with van der Waals surface area (Å²) in [5.74, 6) is 0.579. The van der Waals surface area contributed by atoms with Crippen molar-refractivity contribution in [1.82, 2.24) is 0 Å². The van der Waals surface area contributed by atoms with Crippen molar-refractivity contribution < 1.29 is 14.3 Å². The fraction of sp³-hybridized carbons (Fsp3) is 0.500. The summed E-state index contributed by atoms with van der Waals surface area (Å²) in [4.78, 5) is 10.9. The third-order valence-electron chi connectivity index (χ3n) is 2.67. The molecule has 4 heteroatoms. The van der Waals surface area contributed by atoms with E-state index in [9.17, 15) is 4.79 Å². The van der Waals surface area contributed by atoms with Gasteiger partial charge in [-0.15, -0.1) is 0 Å². The minimum Gasteiger partial charge on any atom is -0.493 e. The molecule has 0 unspecified atom stereocenters. The predicted octanol–water partition coefficient (Wildman–Crippen LogP) is 2.35. The van der Waals surface area contributed by atoms with Crippen LogP contribution in [0, 0.1) is 6.92 Å². The highest BCUT2D eigenvalue weighted by Gasteiger charge is 2.08. The van der Waals surface area contributed by atoms with Gasteiger partial charge in [0.15, 0.2) is 0 Å². The number of ether oxygens (including phenoxy) is 2. The second-order valence-electron chi connectivity index (χ2n) is 4.36. The lowest BCUT2D eigenvalue weighted by Crippen LogP contribution is -2.10. The molecule has 0 heterocycles. The van der Waals surface area contributed by atoms with Gasteiger partial charge >= 0.3 is 5.97 Å². The Kier molecular flexibility index (Phi) is 5.65. The number of carbonyl (C=O) groups is 1. The maximum Gasteiger partial charge on any atom is 0.305 e. The first-order valence-electron chi connectivity index (χ1n) is 6.10.